The first-order chi connectivity index (χ1) is 14.8. The molecule has 3 aromatic rings. The smallest absolute Gasteiger partial charge is 0.379 e. The van der Waals surface area contributed by atoms with Gasteiger partial charge in [-0.05, 0) is 37.1 Å². The van der Waals surface area contributed by atoms with Crippen molar-refractivity contribution in [2.24, 2.45) is 0 Å². The monoisotopic (exact) mass is 438 g/mol. The summed E-state index contributed by atoms with van der Waals surface area (Å²) < 4.78 is 59.9. The summed E-state index contributed by atoms with van der Waals surface area (Å²) >= 11 is 0. The zero-order valence-corrected chi connectivity index (χ0v) is 17.1. The Morgan fingerprint density at radius 1 is 1.13 bits per heavy atom. The third kappa shape index (κ3) is 4.33. The van der Waals surface area contributed by atoms with Crippen molar-refractivity contribution in [2.45, 2.75) is 26.1 Å². The minimum atomic E-state index is -4.68. The van der Waals surface area contributed by atoms with Crippen LogP contribution in [-0.4, -0.2) is 57.6 Å². The number of rotatable bonds is 5. The van der Waals surface area contributed by atoms with E-state index < -0.39 is 12.0 Å². The van der Waals surface area contributed by atoms with E-state index in [9.17, 15) is 17.6 Å². The number of hydrogen-bond donors (Lipinski definition) is 1. The van der Waals surface area contributed by atoms with Crippen molar-refractivity contribution in [3.8, 4) is 0 Å². The zero-order valence-electron chi connectivity index (χ0n) is 17.1. The van der Waals surface area contributed by atoms with Gasteiger partial charge in [-0.15, -0.1) is 15.3 Å². The van der Waals surface area contributed by atoms with Crippen LogP contribution in [0.5, 0.6) is 0 Å². The summed E-state index contributed by atoms with van der Waals surface area (Å²) in [7, 11) is 0. The second-order valence-corrected chi connectivity index (χ2v) is 7.46. The number of aromatic nitrogens is 4. The highest BCUT2D eigenvalue weighted by Gasteiger charge is 2.38. The van der Waals surface area contributed by atoms with Crippen LogP contribution in [0.15, 0.2) is 24.3 Å². The minimum Gasteiger partial charge on any atom is -0.379 e. The Balaban J connectivity index is 1.67. The maximum atomic E-state index is 13.9. The highest BCUT2D eigenvalue weighted by Crippen LogP contribution is 2.30. The van der Waals surface area contributed by atoms with Crippen molar-refractivity contribution in [3.05, 3.63) is 52.6 Å². The molecule has 4 rings (SSSR count). The first-order valence-electron chi connectivity index (χ1n) is 9.86. The van der Waals surface area contributed by atoms with Crippen molar-refractivity contribution in [1.82, 2.24) is 24.7 Å². The fraction of sp³-hybridized carbons (Fsp3) is 0.450. The number of halogens is 4. The van der Waals surface area contributed by atoms with Crippen molar-refractivity contribution >= 4 is 11.5 Å². The third-order valence-electron chi connectivity index (χ3n) is 5.53. The molecule has 166 valence electrons. The molecule has 1 aliphatic rings. The van der Waals surface area contributed by atoms with Crippen LogP contribution in [0.2, 0.25) is 0 Å². The van der Waals surface area contributed by atoms with E-state index in [-0.39, 0.29) is 17.5 Å². The molecule has 1 atom stereocenters. The summed E-state index contributed by atoms with van der Waals surface area (Å²) in [6.07, 6.45) is -4.68. The van der Waals surface area contributed by atoms with Crippen molar-refractivity contribution in [2.75, 3.05) is 38.2 Å². The Morgan fingerprint density at radius 2 is 1.87 bits per heavy atom. The van der Waals surface area contributed by atoms with E-state index in [2.05, 4.69) is 25.5 Å². The highest BCUT2D eigenvalue weighted by atomic mass is 19.4. The molecule has 1 aromatic carbocycles. The Labute approximate surface area is 176 Å². The summed E-state index contributed by atoms with van der Waals surface area (Å²) in [4.78, 5) is 2.16. The van der Waals surface area contributed by atoms with Crippen LogP contribution in [-0.2, 0) is 10.9 Å². The highest BCUT2D eigenvalue weighted by molar-refractivity contribution is 5.58. The SMILES string of the molecule is Cc1c(NCC(c2cccc(F)c2)N2CCOCC2)nn2c(C(F)(F)F)nnc2c1C. The number of hydrogen-bond acceptors (Lipinski definition) is 6. The topological polar surface area (TPSA) is 67.6 Å². The lowest BCUT2D eigenvalue weighted by Gasteiger charge is -2.35. The number of alkyl halides is 3. The summed E-state index contributed by atoms with van der Waals surface area (Å²) in [6, 6.07) is 6.12. The van der Waals surface area contributed by atoms with Gasteiger partial charge in [-0.25, -0.2) is 4.39 Å². The lowest BCUT2D eigenvalue weighted by Crippen LogP contribution is -2.41. The van der Waals surface area contributed by atoms with Crippen molar-refractivity contribution in [1.29, 1.82) is 0 Å². The Kier molecular flexibility index (Phi) is 5.80. The molecule has 7 nitrogen and oxygen atoms in total. The number of aryl methyl sites for hydroxylation is 1. The van der Waals surface area contributed by atoms with Crippen molar-refractivity contribution < 1.29 is 22.3 Å². The number of fused-ring (bicyclic) bond motifs is 1. The molecule has 1 aliphatic heterocycles. The van der Waals surface area contributed by atoms with Gasteiger partial charge in [0.25, 0.3) is 5.82 Å². The molecule has 0 amide bonds. The van der Waals surface area contributed by atoms with Crippen LogP contribution in [0.3, 0.4) is 0 Å². The normalized spacial score (nSPS) is 16.6. The van der Waals surface area contributed by atoms with E-state index in [0.29, 0.717) is 49.8 Å². The predicted molar refractivity (Wildman–Crippen MR) is 105 cm³/mol. The first kappa shape index (κ1) is 21.4. The zero-order chi connectivity index (χ0) is 22.2. The molecule has 31 heavy (non-hydrogen) atoms. The number of ether oxygens (including phenoxy) is 1. The summed E-state index contributed by atoms with van der Waals surface area (Å²) in [5.74, 6) is -1.23. The molecule has 0 spiro atoms. The molecule has 0 radical (unpaired) electrons. The van der Waals surface area contributed by atoms with Gasteiger partial charge >= 0.3 is 6.18 Å². The average Bonchev–Trinajstić information content (AvgIpc) is 3.17. The van der Waals surface area contributed by atoms with Crippen LogP contribution in [0.4, 0.5) is 23.4 Å². The molecule has 3 heterocycles. The van der Waals surface area contributed by atoms with Gasteiger partial charge in [0.05, 0.1) is 19.3 Å². The van der Waals surface area contributed by atoms with E-state index in [1.54, 1.807) is 19.9 Å². The van der Waals surface area contributed by atoms with Crippen LogP contribution < -0.4 is 5.32 Å². The Morgan fingerprint density at radius 3 is 2.55 bits per heavy atom. The minimum absolute atomic E-state index is 0.0604. The number of nitrogens with zero attached hydrogens (tertiary/aromatic N) is 5. The van der Waals surface area contributed by atoms with E-state index in [0.717, 1.165) is 10.1 Å². The summed E-state index contributed by atoms with van der Waals surface area (Å²) in [5.41, 5.74) is 2.05. The van der Waals surface area contributed by atoms with E-state index >= 15 is 0 Å². The summed E-state index contributed by atoms with van der Waals surface area (Å²) in [6.45, 7) is 6.21. The lowest BCUT2D eigenvalue weighted by molar-refractivity contribution is -0.146. The van der Waals surface area contributed by atoms with Gasteiger partial charge in [0, 0.05) is 25.2 Å². The second-order valence-electron chi connectivity index (χ2n) is 7.46. The van der Waals surface area contributed by atoms with E-state index in [1.165, 1.54) is 12.1 Å². The fourth-order valence-electron chi connectivity index (χ4n) is 3.73. The van der Waals surface area contributed by atoms with Crippen LogP contribution in [0.25, 0.3) is 5.65 Å². The summed E-state index contributed by atoms with van der Waals surface area (Å²) in [5, 5.41) is 14.2. The average molecular weight is 438 g/mol. The molecule has 11 heteroatoms. The quantitative estimate of drug-likeness (QED) is 0.616. The van der Waals surface area contributed by atoms with E-state index in [4.69, 9.17) is 4.74 Å². The molecule has 1 N–H and O–H groups in total. The first-order valence-corrected chi connectivity index (χ1v) is 9.86. The van der Waals surface area contributed by atoms with E-state index in [1.807, 2.05) is 6.07 Å². The van der Waals surface area contributed by atoms with Gasteiger partial charge in [0.15, 0.2) is 5.65 Å². The maximum absolute atomic E-state index is 13.9. The molecular formula is C20H22F4N6O. The van der Waals surface area contributed by atoms with Gasteiger partial charge in [-0.1, -0.05) is 12.1 Å². The van der Waals surface area contributed by atoms with Gasteiger partial charge in [0.1, 0.15) is 11.6 Å². The predicted octanol–water partition coefficient (Wildman–Crippen LogP) is 3.38. The molecule has 0 bridgehead atoms. The third-order valence-corrected chi connectivity index (χ3v) is 5.53. The molecule has 1 unspecified atom stereocenters. The van der Waals surface area contributed by atoms with Gasteiger partial charge < -0.3 is 10.1 Å². The van der Waals surface area contributed by atoms with Crippen LogP contribution in [0.1, 0.15) is 28.6 Å². The van der Waals surface area contributed by atoms with Crippen molar-refractivity contribution in [3.63, 3.8) is 0 Å². The standard InChI is InChI=1S/C20H22F4N6O/c1-12-13(2)18-26-27-19(20(22,23)24)30(18)28-17(12)25-11-16(29-6-8-31-9-7-29)14-4-3-5-15(21)10-14/h3-5,10,16H,6-9,11H2,1-2H3,(H,25,28). The number of nitrogens with one attached hydrogen (secondary N) is 1. The van der Waals surface area contributed by atoms with Crippen LogP contribution >= 0.6 is 0 Å². The Hall–Kier alpha value is -2.79. The Bertz CT molecular complexity index is 1080. The maximum Gasteiger partial charge on any atom is 0.453 e. The number of benzene rings is 1. The molecule has 1 saturated heterocycles. The van der Waals surface area contributed by atoms with Gasteiger partial charge in [-0.2, -0.15) is 17.7 Å². The number of morpholine rings is 1. The molecule has 0 saturated carbocycles. The van der Waals surface area contributed by atoms with Gasteiger partial charge in [0.2, 0.25) is 0 Å². The largest absolute Gasteiger partial charge is 0.453 e. The second kappa shape index (κ2) is 8.39. The van der Waals surface area contributed by atoms with Gasteiger partial charge in [-0.3, -0.25) is 4.90 Å². The lowest BCUT2D eigenvalue weighted by atomic mass is 10.0. The number of anilines is 1. The molecule has 2 aromatic heterocycles. The van der Waals surface area contributed by atoms with Crippen LogP contribution in [0, 0.1) is 19.7 Å². The molecule has 0 aliphatic carbocycles. The fourth-order valence-corrected chi connectivity index (χ4v) is 3.73. The molecular weight excluding hydrogens is 416 g/mol. The molecule has 1 fully saturated rings.